The molecule has 178 valence electrons. The van der Waals surface area contributed by atoms with Gasteiger partial charge in [0.2, 0.25) is 0 Å². The van der Waals surface area contributed by atoms with Gasteiger partial charge in [0.15, 0.2) is 5.60 Å². The van der Waals surface area contributed by atoms with Crippen molar-refractivity contribution in [3.05, 3.63) is 59.9 Å². The van der Waals surface area contributed by atoms with Crippen molar-refractivity contribution in [1.82, 2.24) is 10.3 Å². The molecule has 1 aromatic heterocycles. The molecule has 0 unspecified atom stereocenters. The zero-order valence-corrected chi connectivity index (χ0v) is 19.9. The maximum absolute atomic E-state index is 13.0. The highest BCUT2D eigenvalue weighted by Gasteiger charge is 2.41. The number of aliphatic hydroxyl groups is 2. The summed E-state index contributed by atoms with van der Waals surface area (Å²) >= 11 is 0. The average Bonchev–Trinajstić information content (AvgIpc) is 2.82. The topological polar surface area (TPSA) is 91.7 Å². The van der Waals surface area contributed by atoms with Crippen LogP contribution in [0.4, 0.5) is 0 Å². The Morgan fingerprint density at radius 2 is 1.73 bits per heavy atom. The van der Waals surface area contributed by atoms with Gasteiger partial charge in [-0.25, -0.2) is 0 Å². The second-order valence-electron chi connectivity index (χ2n) is 10.7. The predicted molar refractivity (Wildman–Crippen MR) is 127 cm³/mol. The zero-order valence-electron chi connectivity index (χ0n) is 19.9. The molecule has 0 aliphatic heterocycles. The van der Waals surface area contributed by atoms with Crippen molar-refractivity contribution in [3.63, 3.8) is 0 Å². The summed E-state index contributed by atoms with van der Waals surface area (Å²) in [6.07, 6.45) is 9.35. The molecule has 0 radical (unpaired) electrons. The molecule has 6 heteroatoms. The Kier molecular flexibility index (Phi) is 6.52. The highest BCUT2D eigenvalue weighted by molar-refractivity contribution is 5.86. The number of pyridine rings is 1. The van der Waals surface area contributed by atoms with Crippen LogP contribution in [0.15, 0.2) is 48.7 Å². The largest absolute Gasteiger partial charge is 0.491 e. The monoisotopic (exact) mass is 452 g/mol. The van der Waals surface area contributed by atoms with Crippen molar-refractivity contribution >= 4 is 5.91 Å². The third-order valence-corrected chi connectivity index (χ3v) is 7.61. The second kappa shape index (κ2) is 9.07. The van der Waals surface area contributed by atoms with Gasteiger partial charge in [-0.3, -0.25) is 9.78 Å². The lowest BCUT2D eigenvalue weighted by molar-refractivity contribution is -0.142. The predicted octanol–water partition coefficient (Wildman–Crippen LogP) is 4.27. The Balaban J connectivity index is 1.44. The summed E-state index contributed by atoms with van der Waals surface area (Å²) in [5.74, 6) is 1.01. The molecule has 2 aromatic rings. The fourth-order valence-electron chi connectivity index (χ4n) is 5.22. The number of hydrogen-bond acceptors (Lipinski definition) is 5. The fraction of sp³-hybridized carbons (Fsp3) is 0.556. The maximum Gasteiger partial charge on any atom is 0.256 e. The lowest BCUT2D eigenvalue weighted by atomic mass is 9.61. The summed E-state index contributed by atoms with van der Waals surface area (Å²) in [4.78, 5) is 17.5. The van der Waals surface area contributed by atoms with Gasteiger partial charge in [0.05, 0.1) is 30.1 Å². The standard InChI is InChI=1S/C27H36N2O4/c1-25(2,31)23(29-24(30)26(3,32)20-7-5-4-6-8-20)22-10-9-21(17-28-22)33-18-27-14-11-19(12-15-27)13-16-27/h4-10,17,19,23,31-32H,11-16,18H2,1-3H3,(H,29,30)/t19?,23-,26-,27?/m1/s1. The van der Waals surface area contributed by atoms with Gasteiger partial charge in [-0.05, 0) is 82.9 Å². The molecule has 3 aliphatic carbocycles. The first-order chi connectivity index (χ1) is 15.6. The van der Waals surface area contributed by atoms with E-state index in [0.717, 1.165) is 5.92 Å². The van der Waals surface area contributed by atoms with Crippen molar-refractivity contribution < 1.29 is 19.7 Å². The SMILES string of the molecule is CC(C)(O)[C@H](NC(=O)[C@](C)(O)c1ccccc1)c1ccc(OCC23CCC(CC2)CC3)cn1. The van der Waals surface area contributed by atoms with Gasteiger partial charge in [0.25, 0.3) is 5.91 Å². The van der Waals surface area contributed by atoms with Gasteiger partial charge in [0.1, 0.15) is 5.75 Å². The van der Waals surface area contributed by atoms with Gasteiger partial charge in [-0.15, -0.1) is 0 Å². The number of nitrogens with one attached hydrogen (secondary N) is 1. The van der Waals surface area contributed by atoms with E-state index in [0.29, 0.717) is 29.0 Å². The molecule has 33 heavy (non-hydrogen) atoms. The van der Waals surface area contributed by atoms with Crippen LogP contribution in [0.5, 0.6) is 5.75 Å². The van der Waals surface area contributed by atoms with Crippen molar-refractivity contribution in [3.8, 4) is 5.75 Å². The highest BCUT2D eigenvalue weighted by Crippen LogP contribution is 2.50. The van der Waals surface area contributed by atoms with Crippen LogP contribution < -0.4 is 10.1 Å². The quantitative estimate of drug-likeness (QED) is 0.556. The van der Waals surface area contributed by atoms with Crippen LogP contribution in [0, 0.1) is 11.3 Å². The van der Waals surface area contributed by atoms with Gasteiger partial charge in [0, 0.05) is 5.41 Å². The first kappa shape index (κ1) is 23.7. The second-order valence-corrected chi connectivity index (χ2v) is 10.7. The van der Waals surface area contributed by atoms with Crippen molar-refractivity contribution in [2.45, 2.75) is 76.5 Å². The van der Waals surface area contributed by atoms with Gasteiger partial charge < -0.3 is 20.3 Å². The van der Waals surface area contributed by atoms with Crippen LogP contribution >= 0.6 is 0 Å². The number of aromatic nitrogens is 1. The summed E-state index contributed by atoms with van der Waals surface area (Å²) in [6.45, 7) is 5.38. The van der Waals surface area contributed by atoms with E-state index in [4.69, 9.17) is 4.74 Å². The minimum absolute atomic E-state index is 0.306. The first-order valence-corrected chi connectivity index (χ1v) is 12.0. The molecule has 1 heterocycles. The van der Waals surface area contributed by atoms with Crippen LogP contribution in [-0.2, 0) is 10.4 Å². The highest BCUT2D eigenvalue weighted by atomic mass is 16.5. The number of hydrogen-bond donors (Lipinski definition) is 3. The third kappa shape index (κ3) is 5.22. The summed E-state index contributed by atoms with van der Waals surface area (Å²) in [5.41, 5.74) is -1.75. The molecule has 3 N–H and O–H groups in total. The first-order valence-electron chi connectivity index (χ1n) is 12.0. The van der Waals surface area contributed by atoms with Crippen LogP contribution in [0.1, 0.15) is 76.6 Å². The maximum atomic E-state index is 13.0. The fourth-order valence-corrected chi connectivity index (χ4v) is 5.22. The summed E-state index contributed by atoms with van der Waals surface area (Å²) in [5, 5.41) is 24.4. The van der Waals surface area contributed by atoms with E-state index in [1.807, 2.05) is 12.1 Å². The van der Waals surface area contributed by atoms with E-state index in [2.05, 4.69) is 10.3 Å². The molecule has 6 nitrogen and oxygen atoms in total. The normalized spacial score (nSPS) is 25.2. The van der Waals surface area contributed by atoms with Gasteiger partial charge in [-0.1, -0.05) is 30.3 Å². The van der Waals surface area contributed by atoms with Crippen LogP contribution in [-0.4, -0.2) is 33.3 Å². The lowest BCUT2D eigenvalue weighted by Crippen LogP contribution is -2.49. The van der Waals surface area contributed by atoms with E-state index < -0.39 is 23.2 Å². The molecule has 1 amide bonds. The summed E-state index contributed by atoms with van der Waals surface area (Å²) in [7, 11) is 0. The number of nitrogens with zero attached hydrogens (tertiary/aromatic N) is 1. The Hall–Kier alpha value is -2.44. The lowest BCUT2D eigenvalue weighted by Gasteiger charge is -2.46. The van der Waals surface area contributed by atoms with Crippen molar-refractivity contribution in [1.29, 1.82) is 0 Å². The molecule has 0 saturated heterocycles. The van der Waals surface area contributed by atoms with Gasteiger partial charge >= 0.3 is 0 Å². The molecule has 2 atom stereocenters. The Bertz CT molecular complexity index is 929. The molecule has 3 saturated carbocycles. The molecule has 2 bridgehead atoms. The number of carbonyl (C=O) groups is 1. The summed E-state index contributed by atoms with van der Waals surface area (Å²) in [6, 6.07) is 11.6. The molecular formula is C27H36N2O4. The number of carbonyl (C=O) groups excluding carboxylic acids is 1. The van der Waals surface area contributed by atoms with E-state index in [1.165, 1.54) is 45.4 Å². The number of fused-ring (bicyclic) bond motifs is 3. The molecule has 3 fully saturated rings. The molecule has 0 spiro atoms. The Labute approximate surface area is 196 Å². The molecule has 1 aromatic carbocycles. The van der Waals surface area contributed by atoms with E-state index in [-0.39, 0.29) is 0 Å². The number of benzene rings is 1. The van der Waals surface area contributed by atoms with Crippen molar-refractivity contribution in [2.24, 2.45) is 11.3 Å². The zero-order chi connectivity index (χ0) is 23.7. The molecule has 3 aliphatic rings. The Morgan fingerprint density at radius 1 is 1.09 bits per heavy atom. The molecular weight excluding hydrogens is 416 g/mol. The smallest absolute Gasteiger partial charge is 0.256 e. The average molecular weight is 453 g/mol. The van der Waals surface area contributed by atoms with Crippen LogP contribution in [0.25, 0.3) is 0 Å². The number of ether oxygens (including phenoxy) is 1. The van der Waals surface area contributed by atoms with Crippen LogP contribution in [0.3, 0.4) is 0 Å². The van der Waals surface area contributed by atoms with E-state index in [9.17, 15) is 15.0 Å². The van der Waals surface area contributed by atoms with Gasteiger partial charge in [-0.2, -0.15) is 0 Å². The van der Waals surface area contributed by atoms with Crippen molar-refractivity contribution in [2.75, 3.05) is 6.61 Å². The minimum atomic E-state index is -1.74. The molecule has 5 rings (SSSR count). The van der Waals surface area contributed by atoms with E-state index in [1.54, 1.807) is 50.4 Å². The summed E-state index contributed by atoms with van der Waals surface area (Å²) < 4.78 is 6.13. The number of rotatable bonds is 8. The Morgan fingerprint density at radius 3 is 2.27 bits per heavy atom. The van der Waals surface area contributed by atoms with E-state index >= 15 is 0 Å². The van der Waals surface area contributed by atoms with Crippen LogP contribution in [0.2, 0.25) is 0 Å². The number of amides is 1. The third-order valence-electron chi connectivity index (χ3n) is 7.61. The minimum Gasteiger partial charge on any atom is -0.491 e.